The molecule has 4 unspecified atom stereocenters. The zero-order valence-corrected chi connectivity index (χ0v) is 45.9. The van der Waals surface area contributed by atoms with Gasteiger partial charge in [0, 0.05) is 64.7 Å². The second kappa shape index (κ2) is 50.3. The van der Waals surface area contributed by atoms with Gasteiger partial charge in [0.05, 0.1) is 12.2 Å². The van der Waals surface area contributed by atoms with Crippen LogP contribution in [-0.2, 0) is 47.7 Å². The minimum absolute atomic E-state index is 0. The lowest BCUT2D eigenvalue weighted by molar-refractivity contribution is -0.157. The van der Waals surface area contributed by atoms with Gasteiger partial charge in [0.15, 0.2) is 0 Å². The number of carbonyl (C=O) groups is 6. The predicted molar refractivity (Wildman–Crippen MR) is 292 cm³/mol. The van der Waals surface area contributed by atoms with E-state index in [2.05, 4.69) is 36.6 Å². The van der Waals surface area contributed by atoms with Crippen molar-refractivity contribution in [3.63, 3.8) is 0 Å². The van der Waals surface area contributed by atoms with Crippen LogP contribution in [0.3, 0.4) is 0 Å². The third-order valence-corrected chi connectivity index (χ3v) is 12.1. The van der Waals surface area contributed by atoms with Crippen LogP contribution in [0.5, 0.6) is 0 Å². The molecular formula is C57H106N4O12. The number of hydrogen-bond acceptors (Lipinski definition) is 14. The lowest BCUT2D eigenvalue weighted by Crippen LogP contribution is -2.34. The van der Waals surface area contributed by atoms with Gasteiger partial charge in [-0.05, 0) is 118 Å². The number of amides is 2. The fourth-order valence-electron chi connectivity index (χ4n) is 7.64. The van der Waals surface area contributed by atoms with Crippen LogP contribution in [0.4, 0.5) is 0 Å². The van der Waals surface area contributed by atoms with Crippen LogP contribution in [0.25, 0.3) is 0 Å². The average molecular weight is 1040 g/mol. The largest absolute Gasteiger partial charge is 0.464 e. The second-order valence-electron chi connectivity index (χ2n) is 19.7. The maximum absolute atomic E-state index is 12.5. The number of rotatable bonds is 49. The number of hydrogen-bond donors (Lipinski definition) is 4. The van der Waals surface area contributed by atoms with Gasteiger partial charge in [-0.1, -0.05) is 110 Å². The fraction of sp³-hybridized carbons (Fsp3) is 0.825. The van der Waals surface area contributed by atoms with E-state index in [-0.39, 0.29) is 56.9 Å². The Morgan fingerprint density at radius 1 is 0.452 bits per heavy atom. The van der Waals surface area contributed by atoms with Crippen LogP contribution >= 0.6 is 0 Å². The van der Waals surface area contributed by atoms with Crippen LogP contribution < -0.4 is 10.6 Å². The fourth-order valence-corrected chi connectivity index (χ4v) is 7.64. The SMILES string of the molecule is C.CCCCCC(OC(=O)CCCC(=O)OCCN(C)C)C(O)C/C=C\CCCCCCCC(=O)NCCNC(=O)CCCCCCC/C=C\CC(O)C(CCCCC)OC(=O)CCCC(=O)OCCN(C)C. The number of esters is 4. The Balaban J connectivity index is 0. The minimum Gasteiger partial charge on any atom is -0.464 e. The molecule has 4 atom stereocenters. The number of carbonyl (C=O) groups excluding carboxylic acids is 6. The summed E-state index contributed by atoms with van der Waals surface area (Å²) < 4.78 is 21.7. The maximum atomic E-state index is 12.5. The summed E-state index contributed by atoms with van der Waals surface area (Å²) in [7, 11) is 7.61. The van der Waals surface area contributed by atoms with Crippen molar-refractivity contribution in [2.24, 2.45) is 0 Å². The molecule has 0 fully saturated rings. The van der Waals surface area contributed by atoms with Crippen molar-refractivity contribution in [1.82, 2.24) is 20.4 Å². The zero-order valence-electron chi connectivity index (χ0n) is 45.9. The minimum atomic E-state index is -0.783. The van der Waals surface area contributed by atoms with Crippen molar-refractivity contribution in [2.75, 3.05) is 67.6 Å². The number of ether oxygens (including phenoxy) is 4. The summed E-state index contributed by atoms with van der Waals surface area (Å²) in [6, 6.07) is 0. The summed E-state index contributed by atoms with van der Waals surface area (Å²) in [6.07, 6.45) is 26.9. The molecule has 0 rings (SSSR count). The van der Waals surface area contributed by atoms with E-state index < -0.39 is 36.4 Å². The van der Waals surface area contributed by atoms with Crippen LogP contribution in [-0.4, -0.2) is 148 Å². The lowest BCUT2D eigenvalue weighted by Gasteiger charge is -2.22. The van der Waals surface area contributed by atoms with E-state index in [9.17, 15) is 39.0 Å². The molecule has 426 valence electrons. The maximum Gasteiger partial charge on any atom is 0.306 e. The Labute approximate surface area is 442 Å². The van der Waals surface area contributed by atoms with Gasteiger partial charge in [-0.2, -0.15) is 0 Å². The standard InChI is InChI=1S/C56H102N4O12.CH4/c1-7-9-23-33-49(71-55(67)39-29-37-53(65)69-45-43-59(3)4)47(61)31-25-19-15-11-13-17-21-27-35-51(63)57-41-42-58-52(64)36-28-22-18-14-12-16-20-26-32-48(62)50(34-24-10-8-2)72-56(68)40-30-38-54(66)70-46-44-60(5)6;/h19-20,25-26,47-50,61-62H,7-18,21-24,27-46H2,1-6H3,(H,57,63)(H,58,64);1H4/b25-19-,26-20-;. The van der Waals surface area contributed by atoms with Gasteiger partial charge in [0.2, 0.25) is 11.8 Å². The van der Waals surface area contributed by atoms with Crippen LogP contribution in [0, 0.1) is 0 Å². The van der Waals surface area contributed by atoms with Crippen molar-refractivity contribution < 1.29 is 57.9 Å². The molecule has 16 heteroatoms. The lowest BCUT2D eigenvalue weighted by atomic mass is 10.0. The van der Waals surface area contributed by atoms with Crippen molar-refractivity contribution in [1.29, 1.82) is 0 Å². The van der Waals surface area contributed by atoms with E-state index in [0.29, 0.717) is 90.8 Å². The third-order valence-electron chi connectivity index (χ3n) is 12.1. The van der Waals surface area contributed by atoms with E-state index in [1.807, 2.05) is 50.1 Å². The van der Waals surface area contributed by atoms with Crippen molar-refractivity contribution >= 4 is 35.7 Å². The number of aliphatic hydroxyl groups is 2. The molecule has 0 aromatic rings. The number of likely N-dealkylation sites (N-methyl/N-ethyl adjacent to an activating group) is 2. The summed E-state index contributed by atoms with van der Waals surface area (Å²) in [4.78, 5) is 77.2. The number of nitrogens with one attached hydrogen (secondary N) is 2. The first kappa shape index (κ1) is 71.2. The predicted octanol–water partition coefficient (Wildman–Crippen LogP) is 9.47. The molecule has 0 aliphatic carbocycles. The van der Waals surface area contributed by atoms with Crippen molar-refractivity contribution in [3.05, 3.63) is 24.3 Å². The molecule has 73 heavy (non-hydrogen) atoms. The molecule has 2 amide bonds. The molecule has 0 aromatic heterocycles. The highest BCUT2D eigenvalue weighted by molar-refractivity contribution is 5.77. The number of unbranched alkanes of at least 4 members (excludes halogenated alkanes) is 14. The first-order chi connectivity index (χ1) is 34.7. The molecule has 0 radical (unpaired) electrons. The molecule has 0 spiro atoms. The number of nitrogens with zero attached hydrogens (tertiary/aromatic N) is 2. The Morgan fingerprint density at radius 2 is 0.808 bits per heavy atom. The van der Waals surface area contributed by atoms with Crippen molar-refractivity contribution in [3.8, 4) is 0 Å². The van der Waals surface area contributed by atoms with Gasteiger partial charge in [0.1, 0.15) is 25.4 Å². The molecule has 0 aliphatic rings. The average Bonchev–Trinajstić information content (AvgIpc) is 3.33. The normalized spacial score (nSPS) is 13.1. The van der Waals surface area contributed by atoms with Crippen LogP contribution in [0.2, 0.25) is 0 Å². The molecule has 0 saturated heterocycles. The van der Waals surface area contributed by atoms with E-state index in [1.165, 1.54) is 0 Å². The van der Waals surface area contributed by atoms with E-state index in [0.717, 1.165) is 116 Å². The third kappa shape index (κ3) is 47.6. The Bertz CT molecular complexity index is 1350. The summed E-state index contributed by atoms with van der Waals surface area (Å²) in [6.45, 7) is 6.96. The number of allylic oxidation sites excluding steroid dienone is 2. The highest BCUT2D eigenvalue weighted by Gasteiger charge is 2.24. The summed E-state index contributed by atoms with van der Waals surface area (Å²) in [5, 5.41) is 27.5. The van der Waals surface area contributed by atoms with Gasteiger partial charge in [-0.15, -0.1) is 0 Å². The van der Waals surface area contributed by atoms with Crippen molar-refractivity contribution in [2.45, 2.75) is 238 Å². The first-order valence-corrected chi connectivity index (χ1v) is 27.9. The Morgan fingerprint density at radius 3 is 1.18 bits per heavy atom. The topological polar surface area (TPSA) is 210 Å². The molecule has 4 N–H and O–H groups in total. The Kier molecular flexibility index (Phi) is 49.1. The van der Waals surface area contributed by atoms with Gasteiger partial charge in [-0.3, -0.25) is 28.8 Å². The Hall–Kier alpha value is -3.86. The highest BCUT2D eigenvalue weighted by Crippen LogP contribution is 2.18. The molecule has 0 saturated carbocycles. The van der Waals surface area contributed by atoms with Crippen LogP contribution in [0.15, 0.2) is 24.3 Å². The summed E-state index contributed by atoms with van der Waals surface area (Å²) >= 11 is 0. The monoisotopic (exact) mass is 1040 g/mol. The highest BCUT2D eigenvalue weighted by atomic mass is 16.6. The molecule has 0 bridgehead atoms. The van der Waals surface area contributed by atoms with Gasteiger partial charge in [0.25, 0.3) is 0 Å². The molecular weight excluding hydrogens is 933 g/mol. The van der Waals surface area contributed by atoms with E-state index in [1.54, 1.807) is 0 Å². The number of aliphatic hydroxyl groups excluding tert-OH is 2. The second-order valence-corrected chi connectivity index (χ2v) is 19.7. The summed E-state index contributed by atoms with van der Waals surface area (Å²) in [5.41, 5.74) is 0. The molecule has 0 aromatic carbocycles. The summed E-state index contributed by atoms with van der Waals surface area (Å²) in [5.74, 6) is -1.46. The van der Waals surface area contributed by atoms with Gasteiger partial charge >= 0.3 is 23.9 Å². The molecule has 16 nitrogen and oxygen atoms in total. The first-order valence-electron chi connectivity index (χ1n) is 27.9. The molecule has 0 aliphatic heterocycles. The van der Waals surface area contributed by atoms with Gasteiger partial charge in [-0.25, -0.2) is 0 Å². The van der Waals surface area contributed by atoms with Gasteiger partial charge < -0.3 is 49.6 Å². The smallest absolute Gasteiger partial charge is 0.306 e. The molecule has 0 heterocycles. The quantitative estimate of drug-likeness (QED) is 0.0194. The van der Waals surface area contributed by atoms with E-state index >= 15 is 0 Å². The van der Waals surface area contributed by atoms with Crippen LogP contribution in [0.1, 0.15) is 214 Å². The zero-order chi connectivity index (χ0) is 53.5. The van der Waals surface area contributed by atoms with E-state index in [4.69, 9.17) is 18.9 Å².